The summed E-state index contributed by atoms with van der Waals surface area (Å²) in [6.45, 7) is 21.6. The van der Waals surface area contributed by atoms with Gasteiger partial charge >= 0.3 is 0 Å². The molecule has 0 aliphatic heterocycles. The highest BCUT2D eigenvalue weighted by Gasteiger charge is 2.34. The van der Waals surface area contributed by atoms with Crippen LogP contribution < -0.4 is 0 Å². The van der Waals surface area contributed by atoms with Gasteiger partial charge in [-0.2, -0.15) is 0 Å². The van der Waals surface area contributed by atoms with Gasteiger partial charge in [-0.1, -0.05) is 152 Å². The van der Waals surface area contributed by atoms with Crippen LogP contribution in [0.25, 0.3) is 0 Å². The lowest BCUT2D eigenvalue weighted by atomic mass is 9.67. The number of aliphatic hydroxyl groups excluding tert-OH is 2. The third-order valence-corrected chi connectivity index (χ3v) is 8.33. The minimum Gasteiger partial charge on any atom is -0.393 e. The Morgan fingerprint density at radius 3 is 1.74 bits per heavy atom. The van der Waals surface area contributed by atoms with Gasteiger partial charge in [-0.05, 0) is 77.2 Å². The number of hydrogen-bond donors (Lipinski definition) is 2. The zero-order chi connectivity index (χ0) is 31.5. The molecule has 0 spiro atoms. The van der Waals surface area contributed by atoms with Crippen LogP contribution in [0.3, 0.4) is 0 Å². The van der Waals surface area contributed by atoms with Crippen LogP contribution >= 0.6 is 0 Å². The van der Waals surface area contributed by atoms with Gasteiger partial charge in [-0.3, -0.25) is 0 Å². The van der Waals surface area contributed by atoms with Gasteiger partial charge in [0.2, 0.25) is 0 Å². The molecule has 3 atom stereocenters. The van der Waals surface area contributed by atoms with Gasteiger partial charge in [-0.25, -0.2) is 0 Å². The van der Waals surface area contributed by atoms with Crippen LogP contribution in [0.5, 0.6) is 0 Å². The Labute approximate surface area is 257 Å². The van der Waals surface area contributed by atoms with E-state index in [0.717, 1.165) is 19.3 Å². The average Bonchev–Trinajstić information content (AvgIpc) is 2.84. The third kappa shape index (κ3) is 11.7. The van der Waals surface area contributed by atoms with Crippen LogP contribution in [0.2, 0.25) is 0 Å². The van der Waals surface area contributed by atoms with Crippen molar-refractivity contribution in [3.05, 3.63) is 130 Å². The zero-order valence-corrected chi connectivity index (χ0v) is 27.9. The second-order valence-electron chi connectivity index (χ2n) is 13.7. The maximum atomic E-state index is 10.1. The highest BCUT2D eigenvalue weighted by Crippen LogP contribution is 2.42. The molecule has 0 saturated carbocycles. The van der Waals surface area contributed by atoms with Gasteiger partial charge in [0, 0.05) is 5.92 Å². The minimum absolute atomic E-state index is 0.00528. The molecule has 2 N–H and O–H groups in total. The van der Waals surface area contributed by atoms with E-state index < -0.39 is 0 Å². The van der Waals surface area contributed by atoms with Crippen molar-refractivity contribution < 1.29 is 10.2 Å². The maximum Gasteiger partial charge on any atom is 0.0729 e. The van der Waals surface area contributed by atoms with E-state index in [9.17, 15) is 10.2 Å². The molecule has 2 heteroatoms. The first-order chi connectivity index (χ1) is 19.6. The van der Waals surface area contributed by atoms with Gasteiger partial charge in [0.25, 0.3) is 0 Å². The average molecular weight is 569 g/mol. The van der Waals surface area contributed by atoms with Gasteiger partial charge in [0.1, 0.15) is 0 Å². The van der Waals surface area contributed by atoms with Crippen molar-refractivity contribution in [3.8, 4) is 0 Å². The lowest BCUT2D eigenvalue weighted by Crippen LogP contribution is -2.32. The Balaban J connectivity index is 1.90. The van der Waals surface area contributed by atoms with E-state index >= 15 is 0 Å². The quantitative estimate of drug-likeness (QED) is 0.203. The summed E-state index contributed by atoms with van der Waals surface area (Å²) in [5, 5.41) is 20.2. The summed E-state index contributed by atoms with van der Waals surface area (Å²) >= 11 is 0. The highest BCUT2D eigenvalue weighted by atomic mass is 16.3. The molecular formula is C40H56O2. The molecule has 2 aliphatic carbocycles. The van der Waals surface area contributed by atoms with E-state index in [-0.39, 0.29) is 23.0 Å². The molecule has 0 saturated heterocycles. The van der Waals surface area contributed by atoms with Gasteiger partial charge in [0.05, 0.1) is 12.2 Å². The topological polar surface area (TPSA) is 40.5 Å². The monoisotopic (exact) mass is 568 g/mol. The SMILES string of the molecule is CC(C=CC=C(C)C=CC1=C(C)C[C@@H](O)CC1(C)C)=CC=CC=C(C)/C=C/C=C(C)/C=C/[C@H]1C(C)=C[C@@H](O)CC1(C)C. The van der Waals surface area contributed by atoms with Crippen molar-refractivity contribution >= 4 is 0 Å². The largest absolute Gasteiger partial charge is 0.393 e. The molecule has 0 amide bonds. The van der Waals surface area contributed by atoms with E-state index in [2.05, 4.69) is 154 Å². The molecule has 0 heterocycles. The number of aliphatic hydroxyl groups is 2. The first-order valence-corrected chi connectivity index (χ1v) is 15.4. The van der Waals surface area contributed by atoms with E-state index in [0.29, 0.717) is 5.92 Å². The molecule has 0 radical (unpaired) electrons. The van der Waals surface area contributed by atoms with Crippen LogP contribution in [0, 0.1) is 16.7 Å². The molecule has 42 heavy (non-hydrogen) atoms. The summed E-state index contributed by atoms with van der Waals surface area (Å²) in [7, 11) is 0. The molecule has 0 aromatic heterocycles. The predicted octanol–water partition coefficient (Wildman–Crippen LogP) is 10.4. The van der Waals surface area contributed by atoms with Crippen molar-refractivity contribution in [2.45, 2.75) is 101 Å². The van der Waals surface area contributed by atoms with Crippen molar-refractivity contribution in [3.63, 3.8) is 0 Å². The van der Waals surface area contributed by atoms with E-state index in [1.807, 2.05) is 6.08 Å². The molecule has 2 aliphatic rings. The Morgan fingerprint density at radius 2 is 1.21 bits per heavy atom. The summed E-state index contributed by atoms with van der Waals surface area (Å²) in [6, 6.07) is 0. The Kier molecular flexibility index (Phi) is 13.5. The Bertz CT molecular complexity index is 1270. The lowest BCUT2D eigenvalue weighted by molar-refractivity contribution is 0.116. The summed E-state index contributed by atoms with van der Waals surface area (Å²) in [4.78, 5) is 0. The molecule has 0 unspecified atom stereocenters. The van der Waals surface area contributed by atoms with Crippen LogP contribution in [0.4, 0.5) is 0 Å². The second kappa shape index (κ2) is 16.1. The van der Waals surface area contributed by atoms with E-state index in [1.165, 1.54) is 39.0 Å². The fraction of sp³-hybridized carbons (Fsp3) is 0.450. The Morgan fingerprint density at radius 1 is 0.714 bits per heavy atom. The summed E-state index contributed by atoms with van der Waals surface area (Å²) in [5.41, 5.74) is 8.73. The predicted molar refractivity (Wildman–Crippen MR) is 184 cm³/mol. The van der Waals surface area contributed by atoms with Gasteiger partial charge in [0.15, 0.2) is 0 Å². The highest BCUT2D eigenvalue weighted by molar-refractivity contribution is 5.38. The fourth-order valence-electron chi connectivity index (χ4n) is 6.14. The molecule has 0 fully saturated rings. The molecule has 0 aromatic rings. The van der Waals surface area contributed by atoms with Crippen molar-refractivity contribution in [1.29, 1.82) is 0 Å². The first-order valence-electron chi connectivity index (χ1n) is 15.4. The number of hydrogen-bond acceptors (Lipinski definition) is 2. The van der Waals surface area contributed by atoms with Crippen LogP contribution in [-0.2, 0) is 0 Å². The molecule has 0 aromatic carbocycles. The molecule has 228 valence electrons. The van der Waals surface area contributed by atoms with E-state index in [1.54, 1.807) is 0 Å². The summed E-state index contributed by atoms with van der Waals surface area (Å²) in [5.74, 6) is 0.348. The second-order valence-corrected chi connectivity index (χ2v) is 13.7. The van der Waals surface area contributed by atoms with Crippen LogP contribution in [-0.4, -0.2) is 22.4 Å². The Hall–Kier alpha value is -2.94. The molecule has 2 rings (SSSR count). The smallest absolute Gasteiger partial charge is 0.0729 e. The van der Waals surface area contributed by atoms with Crippen molar-refractivity contribution in [2.24, 2.45) is 16.7 Å². The fourth-order valence-corrected chi connectivity index (χ4v) is 6.14. The minimum atomic E-state index is -0.331. The normalized spacial score (nSPS) is 26.6. The van der Waals surface area contributed by atoms with Gasteiger partial charge in [-0.15, -0.1) is 0 Å². The molecular weight excluding hydrogens is 512 g/mol. The van der Waals surface area contributed by atoms with E-state index in [4.69, 9.17) is 0 Å². The number of allylic oxidation sites excluding steroid dienone is 20. The molecule has 2 nitrogen and oxygen atoms in total. The van der Waals surface area contributed by atoms with Gasteiger partial charge < -0.3 is 10.2 Å². The summed E-state index contributed by atoms with van der Waals surface area (Å²) < 4.78 is 0. The van der Waals surface area contributed by atoms with Crippen LogP contribution in [0.1, 0.15) is 88.5 Å². The zero-order valence-electron chi connectivity index (χ0n) is 27.9. The van der Waals surface area contributed by atoms with Crippen LogP contribution in [0.15, 0.2) is 130 Å². The van der Waals surface area contributed by atoms with Crippen molar-refractivity contribution in [2.75, 3.05) is 0 Å². The lowest BCUT2D eigenvalue weighted by Gasteiger charge is -2.38. The standard InChI is InChI=1S/C40H56O2/c1-29(17-13-19-31(3)21-23-37-33(5)25-35(41)27-39(37,7)8)15-11-12-16-30(2)18-14-20-32(4)22-24-38-34(6)26-36(42)28-40(38,9)10/h11-25,35-37,41-42H,26-28H2,1-10H3/b12-11?,17-13+,18-14?,23-21+,24-22?,29-15?,30-16?,31-19+,32-20?/t35-,36-,37+/m1/s1. The third-order valence-electron chi connectivity index (χ3n) is 8.33. The van der Waals surface area contributed by atoms with Crippen molar-refractivity contribution in [1.82, 2.24) is 0 Å². The number of rotatable bonds is 10. The maximum absolute atomic E-state index is 10.1. The molecule has 0 bridgehead atoms. The summed E-state index contributed by atoms with van der Waals surface area (Å²) in [6.07, 6.45) is 33.8. The first kappa shape index (κ1) is 35.3.